The van der Waals surface area contributed by atoms with E-state index in [1.54, 1.807) is 0 Å². The first-order valence-electron chi connectivity index (χ1n) is 7.25. The summed E-state index contributed by atoms with van der Waals surface area (Å²) in [6.07, 6.45) is 3.54. The number of nitrogens with one attached hydrogen (secondary N) is 2. The average Bonchev–Trinajstić information content (AvgIpc) is 3.21. The highest BCUT2D eigenvalue weighted by atomic mass is 16.1. The smallest absolute Gasteiger partial charge is 0.234 e. The zero-order valence-corrected chi connectivity index (χ0v) is 11.9. The molecule has 0 aliphatic heterocycles. The van der Waals surface area contributed by atoms with Crippen LogP contribution < -0.4 is 10.6 Å². The fourth-order valence-electron chi connectivity index (χ4n) is 2.18. The van der Waals surface area contributed by atoms with E-state index in [-0.39, 0.29) is 11.9 Å². The van der Waals surface area contributed by atoms with Gasteiger partial charge in [0.15, 0.2) is 0 Å². The summed E-state index contributed by atoms with van der Waals surface area (Å²) in [5.74, 6) is 0.903. The predicted molar refractivity (Wildman–Crippen MR) is 77.9 cm³/mol. The lowest BCUT2D eigenvalue weighted by atomic mass is 10.0. The molecule has 0 bridgehead atoms. The second kappa shape index (κ2) is 6.71. The van der Waals surface area contributed by atoms with Gasteiger partial charge in [-0.25, -0.2) is 0 Å². The summed E-state index contributed by atoms with van der Waals surface area (Å²) in [6.45, 7) is 5.58. The van der Waals surface area contributed by atoms with Crippen LogP contribution in [0.5, 0.6) is 0 Å². The largest absolute Gasteiger partial charge is 0.348 e. The molecule has 1 saturated carbocycles. The van der Waals surface area contributed by atoms with Crippen molar-refractivity contribution in [3.8, 4) is 0 Å². The summed E-state index contributed by atoms with van der Waals surface area (Å²) in [5, 5.41) is 6.32. The van der Waals surface area contributed by atoms with Crippen molar-refractivity contribution in [2.45, 2.75) is 39.2 Å². The van der Waals surface area contributed by atoms with E-state index in [2.05, 4.69) is 48.7 Å². The van der Waals surface area contributed by atoms with E-state index >= 15 is 0 Å². The minimum Gasteiger partial charge on any atom is -0.348 e. The SMILES string of the molecule is CCC(NC(=O)CNCC1CC1)c1ccc(C)cc1. The lowest BCUT2D eigenvalue weighted by Gasteiger charge is -2.18. The Labute approximate surface area is 115 Å². The quantitative estimate of drug-likeness (QED) is 0.791. The van der Waals surface area contributed by atoms with Crippen LogP contribution in [0, 0.1) is 12.8 Å². The molecular weight excluding hydrogens is 236 g/mol. The molecule has 0 saturated heterocycles. The van der Waals surface area contributed by atoms with Crippen LogP contribution in [0.4, 0.5) is 0 Å². The Morgan fingerprint density at radius 3 is 2.58 bits per heavy atom. The Kier molecular flexibility index (Phi) is 4.97. The molecular formula is C16H24N2O. The molecule has 0 radical (unpaired) electrons. The number of carbonyl (C=O) groups excluding carboxylic acids is 1. The predicted octanol–water partition coefficient (Wildman–Crippen LogP) is 2.56. The van der Waals surface area contributed by atoms with Crippen molar-refractivity contribution in [3.63, 3.8) is 0 Å². The van der Waals surface area contributed by atoms with E-state index in [1.807, 2.05) is 0 Å². The molecule has 1 fully saturated rings. The zero-order chi connectivity index (χ0) is 13.7. The molecule has 19 heavy (non-hydrogen) atoms. The van der Waals surface area contributed by atoms with E-state index < -0.39 is 0 Å². The van der Waals surface area contributed by atoms with Crippen LogP contribution >= 0.6 is 0 Å². The third-order valence-electron chi connectivity index (χ3n) is 3.64. The van der Waals surface area contributed by atoms with E-state index in [0.717, 1.165) is 18.9 Å². The van der Waals surface area contributed by atoms with Crippen LogP contribution in [0.15, 0.2) is 24.3 Å². The zero-order valence-electron chi connectivity index (χ0n) is 11.9. The first kappa shape index (κ1) is 14.1. The lowest BCUT2D eigenvalue weighted by molar-refractivity contribution is -0.121. The monoisotopic (exact) mass is 260 g/mol. The number of aryl methyl sites for hydroxylation is 1. The van der Waals surface area contributed by atoms with Gasteiger partial charge in [0.25, 0.3) is 0 Å². The van der Waals surface area contributed by atoms with E-state index in [0.29, 0.717) is 6.54 Å². The lowest BCUT2D eigenvalue weighted by Crippen LogP contribution is -2.36. The summed E-state index contributed by atoms with van der Waals surface area (Å²) in [6, 6.07) is 8.50. The maximum Gasteiger partial charge on any atom is 0.234 e. The summed E-state index contributed by atoms with van der Waals surface area (Å²) in [5.41, 5.74) is 2.43. The fraction of sp³-hybridized carbons (Fsp3) is 0.562. The summed E-state index contributed by atoms with van der Waals surface area (Å²) in [7, 11) is 0. The molecule has 1 aliphatic rings. The van der Waals surface area contributed by atoms with Crippen molar-refractivity contribution >= 4 is 5.91 Å². The molecule has 3 heteroatoms. The van der Waals surface area contributed by atoms with Crippen LogP contribution in [0.3, 0.4) is 0 Å². The molecule has 1 aromatic rings. The number of benzene rings is 1. The van der Waals surface area contributed by atoms with Crippen molar-refractivity contribution in [2.75, 3.05) is 13.1 Å². The van der Waals surface area contributed by atoms with Gasteiger partial charge in [-0.05, 0) is 44.2 Å². The average molecular weight is 260 g/mol. The van der Waals surface area contributed by atoms with Crippen molar-refractivity contribution in [3.05, 3.63) is 35.4 Å². The maximum atomic E-state index is 11.9. The molecule has 1 aliphatic carbocycles. The Morgan fingerprint density at radius 2 is 2.00 bits per heavy atom. The van der Waals surface area contributed by atoms with Gasteiger partial charge >= 0.3 is 0 Å². The molecule has 0 spiro atoms. The van der Waals surface area contributed by atoms with Gasteiger partial charge in [0.05, 0.1) is 12.6 Å². The van der Waals surface area contributed by atoms with Gasteiger partial charge in [-0.3, -0.25) is 4.79 Å². The molecule has 2 N–H and O–H groups in total. The summed E-state index contributed by atoms with van der Waals surface area (Å²) >= 11 is 0. The van der Waals surface area contributed by atoms with Crippen LogP contribution in [-0.2, 0) is 4.79 Å². The summed E-state index contributed by atoms with van der Waals surface area (Å²) < 4.78 is 0. The van der Waals surface area contributed by atoms with Gasteiger partial charge in [0.1, 0.15) is 0 Å². The van der Waals surface area contributed by atoms with Gasteiger partial charge in [0.2, 0.25) is 5.91 Å². The molecule has 1 aromatic carbocycles. The number of carbonyl (C=O) groups is 1. The number of hydrogen-bond acceptors (Lipinski definition) is 2. The standard InChI is InChI=1S/C16H24N2O/c1-3-15(14-8-4-12(2)5-9-14)18-16(19)11-17-10-13-6-7-13/h4-5,8-9,13,15,17H,3,6-7,10-11H2,1-2H3,(H,18,19). The van der Waals surface area contributed by atoms with E-state index in [9.17, 15) is 4.79 Å². The van der Waals surface area contributed by atoms with Crippen molar-refractivity contribution < 1.29 is 4.79 Å². The topological polar surface area (TPSA) is 41.1 Å². The Morgan fingerprint density at radius 1 is 1.32 bits per heavy atom. The van der Waals surface area contributed by atoms with Crippen LogP contribution in [-0.4, -0.2) is 19.0 Å². The van der Waals surface area contributed by atoms with Crippen molar-refractivity contribution in [2.24, 2.45) is 5.92 Å². The van der Waals surface area contributed by atoms with Gasteiger partial charge in [0, 0.05) is 0 Å². The van der Waals surface area contributed by atoms with Gasteiger partial charge < -0.3 is 10.6 Å². The second-order valence-electron chi connectivity index (χ2n) is 5.51. The first-order valence-corrected chi connectivity index (χ1v) is 7.25. The van der Waals surface area contributed by atoms with Gasteiger partial charge in [-0.15, -0.1) is 0 Å². The molecule has 3 nitrogen and oxygen atoms in total. The second-order valence-corrected chi connectivity index (χ2v) is 5.51. The molecule has 2 rings (SSSR count). The highest BCUT2D eigenvalue weighted by molar-refractivity contribution is 5.78. The van der Waals surface area contributed by atoms with E-state index in [1.165, 1.54) is 24.0 Å². The highest BCUT2D eigenvalue weighted by Crippen LogP contribution is 2.27. The van der Waals surface area contributed by atoms with Crippen LogP contribution in [0.1, 0.15) is 43.4 Å². The third-order valence-corrected chi connectivity index (χ3v) is 3.64. The molecule has 0 aromatic heterocycles. The minimum absolute atomic E-state index is 0.0908. The molecule has 0 heterocycles. The van der Waals surface area contributed by atoms with Gasteiger partial charge in [-0.1, -0.05) is 36.8 Å². The number of amides is 1. The highest BCUT2D eigenvalue weighted by Gasteiger charge is 2.20. The normalized spacial score (nSPS) is 16.1. The molecule has 1 amide bonds. The van der Waals surface area contributed by atoms with Gasteiger partial charge in [-0.2, -0.15) is 0 Å². The van der Waals surface area contributed by atoms with E-state index in [4.69, 9.17) is 0 Å². The van der Waals surface area contributed by atoms with Crippen molar-refractivity contribution in [1.82, 2.24) is 10.6 Å². The third kappa shape index (κ3) is 4.67. The fourth-order valence-corrected chi connectivity index (χ4v) is 2.18. The minimum atomic E-state index is 0.0908. The Balaban J connectivity index is 1.79. The molecule has 1 atom stereocenters. The Bertz CT molecular complexity index is 409. The van der Waals surface area contributed by atoms with Crippen LogP contribution in [0.2, 0.25) is 0 Å². The number of hydrogen-bond donors (Lipinski definition) is 2. The molecule has 1 unspecified atom stereocenters. The van der Waals surface area contributed by atoms with Crippen LogP contribution in [0.25, 0.3) is 0 Å². The number of rotatable bonds is 7. The molecule has 104 valence electrons. The maximum absolute atomic E-state index is 11.9. The summed E-state index contributed by atoms with van der Waals surface area (Å²) in [4.78, 5) is 11.9. The first-order chi connectivity index (χ1) is 9.19. The van der Waals surface area contributed by atoms with Crippen molar-refractivity contribution in [1.29, 1.82) is 0 Å². The Hall–Kier alpha value is -1.35.